The van der Waals surface area contributed by atoms with Crippen LogP contribution in [0.5, 0.6) is 0 Å². The van der Waals surface area contributed by atoms with Crippen LogP contribution in [-0.4, -0.2) is 10.8 Å². The molecule has 2 heteroatoms. The van der Waals surface area contributed by atoms with Gasteiger partial charge in [0.1, 0.15) is 0 Å². The van der Waals surface area contributed by atoms with Crippen LogP contribution < -0.4 is 0 Å². The maximum Gasteiger partial charge on any atom is 0.181 e. The Hall–Kier alpha value is -1.31. The third-order valence-electron chi connectivity index (χ3n) is 1.95. The van der Waals surface area contributed by atoms with Gasteiger partial charge in [-0.15, -0.1) is 0 Å². The van der Waals surface area contributed by atoms with Crippen LogP contribution >= 0.6 is 0 Å². The highest BCUT2D eigenvalue weighted by molar-refractivity contribution is 5.96. The Bertz CT molecular complexity index is 354. The Morgan fingerprint density at radius 2 is 2.07 bits per heavy atom. The lowest BCUT2D eigenvalue weighted by Gasteiger charge is -1.99. The van der Waals surface area contributed by atoms with Gasteiger partial charge in [-0.25, -0.2) is 0 Å². The molecule has 0 aliphatic rings. The highest BCUT2D eigenvalue weighted by atomic mass is 16.1. The summed E-state index contributed by atoms with van der Waals surface area (Å²) in [5.74, 6) is 0.214. The van der Waals surface area contributed by atoms with E-state index >= 15 is 0 Å². The van der Waals surface area contributed by atoms with Gasteiger partial charge < -0.3 is 4.98 Å². The second-order valence-corrected chi connectivity index (χ2v) is 4.09. The molecule has 0 radical (unpaired) electrons. The van der Waals surface area contributed by atoms with Gasteiger partial charge >= 0.3 is 0 Å². The monoisotopic (exact) mass is 191 g/mol. The Labute approximate surface area is 85.0 Å². The minimum atomic E-state index is 0.0493. The van der Waals surface area contributed by atoms with Crippen LogP contribution in [0.25, 0.3) is 6.08 Å². The lowest BCUT2D eigenvalue weighted by atomic mass is 10.1. The van der Waals surface area contributed by atoms with E-state index in [9.17, 15) is 4.79 Å². The predicted octanol–water partition coefficient (Wildman–Crippen LogP) is 3.28. The fourth-order valence-corrected chi connectivity index (χ4v) is 1.28. The zero-order valence-corrected chi connectivity index (χ0v) is 9.22. The molecule has 0 aliphatic carbocycles. The number of carbonyl (C=O) groups excluding carboxylic acids is 1. The highest BCUT2D eigenvalue weighted by Gasteiger charge is 2.11. The number of Topliss-reactive ketones (excluding diaryl/α,β-unsaturated/α-hetero) is 1. The maximum absolute atomic E-state index is 11.6. The average Bonchev–Trinajstić information content (AvgIpc) is 2.50. The molecule has 0 saturated carbocycles. The molecule has 1 aromatic heterocycles. The van der Waals surface area contributed by atoms with Crippen molar-refractivity contribution in [1.82, 2.24) is 4.98 Å². The van der Waals surface area contributed by atoms with Crippen LogP contribution in [-0.2, 0) is 0 Å². The van der Waals surface area contributed by atoms with E-state index in [0.717, 1.165) is 5.56 Å². The molecule has 0 atom stereocenters. The molecule has 0 fully saturated rings. The van der Waals surface area contributed by atoms with Crippen molar-refractivity contribution in [2.45, 2.75) is 27.7 Å². The zero-order valence-electron chi connectivity index (χ0n) is 9.22. The number of carbonyl (C=O) groups is 1. The summed E-state index contributed by atoms with van der Waals surface area (Å²) in [6.45, 7) is 7.89. The first kappa shape index (κ1) is 10.8. The van der Waals surface area contributed by atoms with Gasteiger partial charge in [0.2, 0.25) is 0 Å². The summed E-state index contributed by atoms with van der Waals surface area (Å²) in [7, 11) is 0. The van der Waals surface area contributed by atoms with Crippen LogP contribution in [0.1, 0.15) is 43.7 Å². The van der Waals surface area contributed by atoms with Gasteiger partial charge in [-0.1, -0.05) is 25.5 Å². The van der Waals surface area contributed by atoms with Crippen molar-refractivity contribution >= 4 is 11.9 Å². The van der Waals surface area contributed by atoms with Gasteiger partial charge in [-0.2, -0.15) is 0 Å². The van der Waals surface area contributed by atoms with E-state index in [-0.39, 0.29) is 11.7 Å². The standard InChI is InChI=1S/C12H17NO/c1-8(2)5-10-6-11(13-7-10)12(14)9(3)4/h5-7,9,13H,1-4H3. The number of aromatic nitrogens is 1. The molecule has 0 aliphatic heterocycles. The summed E-state index contributed by atoms with van der Waals surface area (Å²) in [4.78, 5) is 14.6. The summed E-state index contributed by atoms with van der Waals surface area (Å²) < 4.78 is 0. The molecule has 0 aromatic carbocycles. The van der Waals surface area contributed by atoms with E-state index in [2.05, 4.69) is 4.98 Å². The van der Waals surface area contributed by atoms with Crippen LogP contribution in [0, 0.1) is 5.92 Å². The van der Waals surface area contributed by atoms with Crippen LogP contribution in [0.3, 0.4) is 0 Å². The Balaban J connectivity index is 2.89. The maximum atomic E-state index is 11.6. The van der Waals surface area contributed by atoms with E-state index in [1.54, 1.807) is 0 Å². The van der Waals surface area contributed by atoms with Gasteiger partial charge in [0.15, 0.2) is 5.78 Å². The van der Waals surface area contributed by atoms with Crippen molar-refractivity contribution in [3.05, 3.63) is 29.1 Å². The van der Waals surface area contributed by atoms with Gasteiger partial charge in [0.05, 0.1) is 5.69 Å². The molecule has 0 bridgehead atoms. The Morgan fingerprint density at radius 3 is 2.57 bits per heavy atom. The molecule has 0 spiro atoms. The SMILES string of the molecule is CC(C)=Cc1c[nH]c(C(=O)C(C)C)c1. The largest absolute Gasteiger partial charge is 0.358 e. The lowest BCUT2D eigenvalue weighted by molar-refractivity contribution is 0.0935. The Morgan fingerprint density at radius 1 is 1.43 bits per heavy atom. The number of hydrogen-bond donors (Lipinski definition) is 1. The molecular formula is C12H17NO. The number of rotatable bonds is 3. The number of H-pyrrole nitrogens is 1. The summed E-state index contributed by atoms with van der Waals surface area (Å²) in [6, 6.07) is 1.90. The summed E-state index contributed by atoms with van der Waals surface area (Å²) in [5.41, 5.74) is 2.99. The van der Waals surface area contributed by atoms with Crippen LogP contribution in [0.4, 0.5) is 0 Å². The van der Waals surface area contributed by atoms with E-state index in [0.29, 0.717) is 5.69 Å². The topological polar surface area (TPSA) is 32.9 Å². The third kappa shape index (κ3) is 2.59. The van der Waals surface area contributed by atoms with Crippen molar-refractivity contribution in [2.75, 3.05) is 0 Å². The minimum absolute atomic E-state index is 0.0493. The van der Waals surface area contributed by atoms with E-state index in [4.69, 9.17) is 0 Å². The average molecular weight is 191 g/mol. The second-order valence-electron chi connectivity index (χ2n) is 4.09. The van der Waals surface area contributed by atoms with Crippen molar-refractivity contribution in [1.29, 1.82) is 0 Å². The molecule has 2 nitrogen and oxygen atoms in total. The molecule has 76 valence electrons. The van der Waals surface area contributed by atoms with Crippen molar-refractivity contribution in [3.63, 3.8) is 0 Å². The highest BCUT2D eigenvalue weighted by Crippen LogP contribution is 2.12. The summed E-state index contributed by atoms with van der Waals surface area (Å²) >= 11 is 0. The van der Waals surface area contributed by atoms with E-state index in [1.807, 2.05) is 46.0 Å². The first-order valence-corrected chi connectivity index (χ1v) is 4.88. The lowest BCUT2D eigenvalue weighted by Crippen LogP contribution is -2.07. The zero-order chi connectivity index (χ0) is 10.7. The van der Waals surface area contributed by atoms with Crippen LogP contribution in [0.2, 0.25) is 0 Å². The molecule has 1 rings (SSSR count). The smallest absolute Gasteiger partial charge is 0.181 e. The number of aromatic amines is 1. The molecule has 0 saturated heterocycles. The van der Waals surface area contributed by atoms with Crippen molar-refractivity contribution < 1.29 is 4.79 Å². The van der Waals surface area contributed by atoms with Gasteiger partial charge in [0.25, 0.3) is 0 Å². The molecule has 1 N–H and O–H groups in total. The number of allylic oxidation sites excluding steroid dienone is 1. The molecule has 0 unspecified atom stereocenters. The molecule has 0 amide bonds. The number of nitrogens with one attached hydrogen (secondary N) is 1. The summed E-state index contributed by atoms with van der Waals surface area (Å²) in [5, 5.41) is 0. The van der Waals surface area contributed by atoms with Gasteiger partial charge in [0, 0.05) is 12.1 Å². The van der Waals surface area contributed by atoms with E-state index in [1.165, 1.54) is 5.57 Å². The summed E-state index contributed by atoms with van der Waals surface area (Å²) in [6.07, 6.45) is 3.91. The minimum Gasteiger partial charge on any atom is -0.358 e. The fraction of sp³-hybridized carbons (Fsp3) is 0.417. The molecule has 1 heterocycles. The molecule has 14 heavy (non-hydrogen) atoms. The first-order valence-electron chi connectivity index (χ1n) is 4.88. The Kier molecular flexibility index (Phi) is 3.28. The first-order chi connectivity index (χ1) is 6.50. The van der Waals surface area contributed by atoms with Crippen LogP contribution in [0.15, 0.2) is 17.8 Å². The van der Waals surface area contributed by atoms with Gasteiger partial charge in [-0.3, -0.25) is 4.79 Å². The number of ketones is 1. The third-order valence-corrected chi connectivity index (χ3v) is 1.95. The predicted molar refractivity (Wildman–Crippen MR) is 59.3 cm³/mol. The quantitative estimate of drug-likeness (QED) is 0.731. The van der Waals surface area contributed by atoms with Gasteiger partial charge in [-0.05, 0) is 25.5 Å². The normalized spacial score (nSPS) is 10.4. The molecule has 1 aromatic rings. The second kappa shape index (κ2) is 4.27. The number of hydrogen-bond acceptors (Lipinski definition) is 1. The van der Waals surface area contributed by atoms with E-state index < -0.39 is 0 Å². The van der Waals surface area contributed by atoms with Crippen molar-refractivity contribution in [2.24, 2.45) is 5.92 Å². The molecular weight excluding hydrogens is 174 g/mol. The van der Waals surface area contributed by atoms with Crippen molar-refractivity contribution in [3.8, 4) is 0 Å². The fourth-order valence-electron chi connectivity index (χ4n) is 1.28.